The molecule has 1 heterocycles. The predicted octanol–water partition coefficient (Wildman–Crippen LogP) is 5.27. The Bertz CT molecular complexity index is 873. The molecule has 3 aromatic rings. The first kappa shape index (κ1) is 16.3. The van der Waals surface area contributed by atoms with E-state index in [0.717, 1.165) is 22.4 Å². The van der Waals surface area contributed by atoms with Crippen LogP contribution < -0.4 is 0 Å². The van der Waals surface area contributed by atoms with Crippen LogP contribution in [0, 0.1) is 0 Å². The van der Waals surface area contributed by atoms with Crippen LogP contribution in [0.5, 0.6) is 0 Å². The average Bonchev–Trinajstić information content (AvgIpc) is 2.90. The van der Waals surface area contributed by atoms with Crippen LogP contribution in [0.15, 0.2) is 36.4 Å². The molecule has 0 spiro atoms. The Labute approximate surface area is 148 Å². The number of ketones is 1. The number of halogens is 3. The second-order valence-corrected chi connectivity index (χ2v) is 6.58. The van der Waals surface area contributed by atoms with Gasteiger partial charge >= 0.3 is 0 Å². The van der Waals surface area contributed by atoms with Gasteiger partial charge in [0, 0.05) is 34.3 Å². The zero-order chi connectivity index (χ0) is 16.4. The van der Waals surface area contributed by atoms with Gasteiger partial charge in [-0.25, -0.2) is 4.98 Å². The van der Waals surface area contributed by atoms with Crippen molar-refractivity contribution >= 4 is 51.6 Å². The standard InChI is InChI=1S/C17H13Cl3N2O/c18-11-2-1-10(14(20)8-11)7-13(23)4-6-17-21-15-5-3-12(19)9-16(15)22-17/h1-3,5,8-9H,4,6-7H2,(H,21,22). The Morgan fingerprint density at radius 2 is 1.78 bits per heavy atom. The smallest absolute Gasteiger partial charge is 0.137 e. The number of H-pyrrole nitrogens is 1. The van der Waals surface area contributed by atoms with Gasteiger partial charge in [-0.1, -0.05) is 40.9 Å². The lowest BCUT2D eigenvalue weighted by Gasteiger charge is -2.04. The molecule has 0 saturated carbocycles. The number of carbonyl (C=O) groups excluding carboxylic acids is 1. The number of rotatable bonds is 5. The minimum absolute atomic E-state index is 0.104. The topological polar surface area (TPSA) is 45.8 Å². The molecule has 118 valence electrons. The fourth-order valence-corrected chi connectivity index (χ4v) is 3.02. The molecule has 0 fully saturated rings. The van der Waals surface area contributed by atoms with Crippen molar-refractivity contribution in [1.29, 1.82) is 0 Å². The van der Waals surface area contributed by atoms with Crippen molar-refractivity contribution in [2.24, 2.45) is 0 Å². The molecule has 0 aliphatic rings. The number of hydrogen-bond acceptors (Lipinski definition) is 2. The molecule has 0 aliphatic carbocycles. The Hall–Kier alpha value is -1.55. The van der Waals surface area contributed by atoms with Crippen molar-refractivity contribution in [3.8, 4) is 0 Å². The van der Waals surface area contributed by atoms with E-state index in [1.54, 1.807) is 24.3 Å². The molecule has 1 aromatic heterocycles. The van der Waals surface area contributed by atoms with Crippen molar-refractivity contribution in [3.63, 3.8) is 0 Å². The van der Waals surface area contributed by atoms with Crippen LogP contribution >= 0.6 is 34.8 Å². The second kappa shape index (κ2) is 6.91. The molecule has 23 heavy (non-hydrogen) atoms. The second-order valence-electron chi connectivity index (χ2n) is 5.30. The molecule has 0 bridgehead atoms. The average molecular weight is 368 g/mol. The molecular weight excluding hydrogens is 355 g/mol. The Kier molecular flexibility index (Phi) is 4.90. The fourth-order valence-electron chi connectivity index (χ4n) is 2.38. The van der Waals surface area contributed by atoms with E-state index in [0.29, 0.717) is 34.3 Å². The highest BCUT2D eigenvalue weighted by Crippen LogP contribution is 2.22. The van der Waals surface area contributed by atoms with Crippen molar-refractivity contribution in [1.82, 2.24) is 9.97 Å². The number of aryl methyl sites for hydroxylation is 1. The summed E-state index contributed by atoms with van der Waals surface area (Å²) in [4.78, 5) is 19.8. The van der Waals surface area contributed by atoms with Gasteiger partial charge < -0.3 is 4.98 Å². The molecular formula is C17H13Cl3N2O. The third-order valence-corrected chi connectivity index (χ3v) is 4.36. The number of benzene rings is 2. The van der Waals surface area contributed by atoms with Crippen LogP contribution in [0.3, 0.4) is 0 Å². The summed E-state index contributed by atoms with van der Waals surface area (Å²) in [6, 6.07) is 10.6. The number of nitrogens with one attached hydrogen (secondary N) is 1. The van der Waals surface area contributed by atoms with Gasteiger partial charge in [-0.3, -0.25) is 4.79 Å². The maximum Gasteiger partial charge on any atom is 0.137 e. The quantitative estimate of drug-likeness (QED) is 0.668. The van der Waals surface area contributed by atoms with Crippen LogP contribution in [-0.2, 0) is 17.6 Å². The normalized spacial score (nSPS) is 11.1. The summed E-state index contributed by atoms with van der Waals surface area (Å²) in [5.74, 6) is 0.880. The highest BCUT2D eigenvalue weighted by Gasteiger charge is 2.10. The van der Waals surface area contributed by atoms with Crippen molar-refractivity contribution in [2.75, 3.05) is 0 Å². The number of aromatic amines is 1. The summed E-state index contributed by atoms with van der Waals surface area (Å²) in [5.41, 5.74) is 2.51. The SMILES string of the molecule is O=C(CCc1nc2ccc(Cl)cc2[nH]1)Cc1ccc(Cl)cc1Cl. The predicted molar refractivity (Wildman–Crippen MR) is 94.6 cm³/mol. The number of imidazole rings is 1. The third kappa shape index (κ3) is 4.05. The zero-order valence-corrected chi connectivity index (χ0v) is 14.3. The molecule has 0 aliphatic heterocycles. The summed E-state index contributed by atoms with van der Waals surface area (Å²) in [7, 11) is 0. The molecule has 0 amide bonds. The van der Waals surface area contributed by atoms with E-state index in [1.165, 1.54) is 0 Å². The van der Waals surface area contributed by atoms with Crippen LogP contribution in [0.4, 0.5) is 0 Å². The molecule has 6 heteroatoms. The summed E-state index contributed by atoms with van der Waals surface area (Å²) < 4.78 is 0. The van der Waals surface area contributed by atoms with Gasteiger partial charge in [0.1, 0.15) is 11.6 Å². The molecule has 3 rings (SSSR count). The number of hydrogen-bond donors (Lipinski definition) is 1. The van der Waals surface area contributed by atoms with Crippen LogP contribution in [0.2, 0.25) is 15.1 Å². The number of Topliss-reactive ketones (excluding diaryl/α,β-unsaturated/α-hetero) is 1. The van der Waals surface area contributed by atoms with Gasteiger partial charge in [0.15, 0.2) is 0 Å². The van der Waals surface area contributed by atoms with E-state index < -0.39 is 0 Å². The van der Waals surface area contributed by atoms with E-state index in [2.05, 4.69) is 9.97 Å². The fraction of sp³-hybridized carbons (Fsp3) is 0.176. The third-order valence-electron chi connectivity index (χ3n) is 3.54. The van der Waals surface area contributed by atoms with E-state index in [9.17, 15) is 4.79 Å². The first-order valence-electron chi connectivity index (χ1n) is 7.11. The van der Waals surface area contributed by atoms with Gasteiger partial charge in [0.2, 0.25) is 0 Å². The summed E-state index contributed by atoms with van der Waals surface area (Å²) in [5, 5.41) is 1.73. The van der Waals surface area contributed by atoms with Crippen LogP contribution in [0.1, 0.15) is 17.8 Å². The molecule has 0 saturated heterocycles. The van der Waals surface area contributed by atoms with Gasteiger partial charge in [-0.15, -0.1) is 0 Å². The maximum absolute atomic E-state index is 12.1. The van der Waals surface area contributed by atoms with Gasteiger partial charge in [0.25, 0.3) is 0 Å². The molecule has 3 nitrogen and oxygen atoms in total. The molecule has 1 N–H and O–H groups in total. The first-order valence-corrected chi connectivity index (χ1v) is 8.24. The number of carbonyl (C=O) groups is 1. The summed E-state index contributed by atoms with van der Waals surface area (Å²) in [6.45, 7) is 0. The van der Waals surface area contributed by atoms with E-state index in [4.69, 9.17) is 34.8 Å². The lowest BCUT2D eigenvalue weighted by molar-refractivity contribution is -0.118. The Balaban J connectivity index is 1.63. The first-order chi connectivity index (χ1) is 11.0. The molecule has 0 radical (unpaired) electrons. The molecule has 2 aromatic carbocycles. The van der Waals surface area contributed by atoms with E-state index >= 15 is 0 Å². The minimum atomic E-state index is 0.104. The van der Waals surface area contributed by atoms with Crippen molar-refractivity contribution in [3.05, 3.63) is 62.9 Å². The van der Waals surface area contributed by atoms with Gasteiger partial charge in [-0.2, -0.15) is 0 Å². The number of nitrogens with zero attached hydrogens (tertiary/aromatic N) is 1. The Morgan fingerprint density at radius 3 is 2.57 bits per heavy atom. The van der Waals surface area contributed by atoms with E-state index in [-0.39, 0.29) is 5.78 Å². The summed E-state index contributed by atoms with van der Waals surface area (Å²) >= 11 is 17.9. The van der Waals surface area contributed by atoms with Crippen LogP contribution in [0.25, 0.3) is 11.0 Å². The van der Waals surface area contributed by atoms with Crippen LogP contribution in [-0.4, -0.2) is 15.8 Å². The monoisotopic (exact) mass is 366 g/mol. The van der Waals surface area contributed by atoms with Crippen molar-refractivity contribution in [2.45, 2.75) is 19.3 Å². The maximum atomic E-state index is 12.1. The lowest BCUT2D eigenvalue weighted by Crippen LogP contribution is -2.05. The zero-order valence-electron chi connectivity index (χ0n) is 12.1. The van der Waals surface area contributed by atoms with E-state index in [1.807, 2.05) is 12.1 Å². The van der Waals surface area contributed by atoms with Gasteiger partial charge in [0.05, 0.1) is 11.0 Å². The highest BCUT2D eigenvalue weighted by atomic mass is 35.5. The van der Waals surface area contributed by atoms with Gasteiger partial charge in [-0.05, 0) is 35.9 Å². The molecule has 0 atom stereocenters. The number of aromatic nitrogens is 2. The molecule has 0 unspecified atom stereocenters. The Morgan fingerprint density at radius 1 is 1.04 bits per heavy atom. The highest BCUT2D eigenvalue weighted by molar-refractivity contribution is 6.35. The van der Waals surface area contributed by atoms with Crippen molar-refractivity contribution < 1.29 is 4.79 Å². The summed E-state index contributed by atoms with van der Waals surface area (Å²) in [6.07, 6.45) is 1.24. The number of fused-ring (bicyclic) bond motifs is 1. The minimum Gasteiger partial charge on any atom is -0.342 e. The largest absolute Gasteiger partial charge is 0.342 e. The lowest BCUT2D eigenvalue weighted by atomic mass is 10.1.